The molecule has 1 saturated heterocycles. The highest BCUT2D eigenvalue weighted by atomic mass is 32.2. The Bertz CT molecular complexity index is 268. The number of thiazole rings is 1. The van der Waals surface area contributed by atoms with Crippen LogP contribution in [0.15, 0.2) is 6.20 Å². The lowest BCUT2D eigenvalue weighted by molar-refractivity contribution is 0.300. The van der Waals surface area contributed by atoms with Crippen molar-refractivity contribution in [2.45, 2.75) is 24.5 Å². The van der Waals surface area contributed by atoms with E-state index in [0.717, 1.165) is 6.42 Å². The maximum Gasteiger partial charge on any atom is 0.106 e. The average Bonchev–Trinajstić information content (AvgIpc) is 2.70. The number of rotatable bonds is 3. The van der Waals surface area contributed by atoms with Gasteiger partial charge in [-0.3, -0.25) is 0 Å². The van der Waals surface area contributed by atoms with Gasteiger partial charge in [0.1, 0.15) is 5.01 Å². The van der Waals surface area contributed by atoms with Crippen LogP contribution < -0.4 is 0 Å². The molecule has 1 N–H and O–H groups in total. The van der Waals surface area contributed by atoms with E-state index in [0.29, 0.717) is 5.25 Å². The van der Waals surface area contributed by atoms with E-state index in [4.69, 9.17) is 5.11 Å². The first-order valence-electron chi connectivity index (χ1n) is 4.57. The molecule has 2 rings (SSSR count). The van der Waals surface area contributed by atoms with Crippen molar-refractivity contribution in [3.63, 3.8) is 0 Å². The number of nitrogens with zero attached hydrogens (tertiary/aromatic N) is 1. The van der Waals surface area contributed by atoms with Gasteiger partial charge in [-0.1, -0.05) is 0 Å². The summed E-state index contributed by atoms with van der Waals surface area (Å²) in [5.41, 5.74) is 0. The van der Waals surface area contributed by atoms with Crippen molar-refractivity contribution in [1.29, 1.82) is 0 Å². The molecule has 1 fully saturated rings. The predicted molar refractivity (Wildman–Crippen MR) is 57.3 cm³/mol. The second-order valence-electron chi connectivity index (χ2n) is 3.14. The van der Waals surface area contributed by atoms with E-state index in [2.05, 4.69) is 4.98 Å². The maximum absolute atomic E-state index is 8.77. The van der Waals surface area contributed by atoms with E-state index in [1.807, 2.05) is 18.0 Å². The molecule has 13 heavy (non-hydrogen) atoms. The average molecular weight is 215 g/mol. The first-order valence-corrected chi connectivity index (χ1v) is 6.44. The number of aromatic nitrogens is 1. The molecule has 0 saturated carbocycles. The van der Waals surface area contributed by atoms with Crippen molar-refractivity contribution in [2.24, 2.45) is 0 Å². The molecule has 0 aliphatic carbocycles. The van der Waals surface area contributed by atoms with Crippen LogP contribution in [0.3, 0.4) is 0 Å². The van der Waals surface area contributed by atoms with Crippen LogP contribution in [0.5, 0.6) is 0 Å². The molecule has 1 aliphatic rings. The molecule has 1 aromatic rings. The third kappa shape index (κ3) is 2.24. The van der Waals surface area contributed by atoms with E-state index in [1.165, 1.54) is 28.5 Å². The van der Waals surface area contributed by atoms with Gasteiger partial charge in [-0.15, -0.1) is 11.3 Å². The second-order valence-corrected chi connectivity index (χ2v) is 5.60. The molecule has 4 heteroatoms. The molecule has 2 nitrogen and oxygen atoms in total. The Morgan fingerprint density at radius 3 is 3.23 bits per heavy atom. The zero-order valence-corrected chi connectivity index (χ0v) is 9.03. The Labute approximate surface area is 86.4 Å². The van der Waals surface area contributed by atoms with Gasteiger partial charge < -0.3 is 5.11 Å². The van der Waals surface area contributed by atoms with Crippen molar-refractivity contribution in [3.8, 4) is 0 Å². The minimum atomic E-state index is 0.236. The van der Waals surface area contributed by atoms with Crippen molar-refractivity contribution < 1.29 is 5.11 Å². The van der Waals surface area contributed by atoms with Gasteiger partial charge in [0.2, 0.25) is 0 Å². The van der Waals surface area contributed by atoms with Crippen molar-refractivity contribution in [3.05, 3.63) is 16.1 Å². The fourth-order valence-electron chi connectivity index (χ4n) is 1.47. The van der Waals surface area contributed by atoms with Crippen molar-refractivity contribution in [1.82, 2.24) is 4.98 Å². The van der Waals surface area contributed by atoms with Crippen molar-refractivity contribution >= 4 is 23.1 Å². The topological polar surface area (TPSA) is 33.1 Å². The summed E-state index contributed by atoms with van der Waals surface area (Å²) < 4.78 is 0. The smallest absolute Gasteiger partial charge is 0.106 e. The normalized spacial score (nSPS) is 22.4. The van der Waals surface area contributed by atoms with Crippen molar-refractivity contribution in [2.75, 3.05) is 12.4 Å². The molecule has 2 heterocycles. The summed E-state index contributed by atoms with van der Waals surface area (Å²) in [6, 6.07) is 0. The van der Waals surface area contributed by atoms with E-state index < -0.39 is 0 Å². The molecule has 1 aromatic heterocycles. The summed E-state index contributed by atoms with van der Waals surface area (Å²) >= 11 is 3.78. The van der Waals surface area contributed by atoms with Crippen LogP contribution in [-0.2, 0) is 6.42 Å². The molecular weight excluding hydrogens is 202 g/mol. The Balaban J connectivity index is 2.03. The predicted octanol–water partition coefficient (Wildman–Crippen LogP) is 2.25. The standard InChI is InChI=1S/C9H13NOS2/c11-4-3-7-6-10-9(13-7)8-2-1-5-12-8/h6,8,11H,1-5H2. The van der Waals surface area contributed by atoms with Gasteiger partial charge in [-0.2, -0.15) is 11.8 Å². The lowest BCUT2D eigenvalue weighted by atomic mass is 10.3. The Morgan fingerprint density at radius 2 is 2.54 bits per heavy atom. The number of aliphatic hydroxyl groups is 1. The second kappa shape index (κ2) is 4.44. The summed E-state index contributed by atoms with van der Waals surface area (Å²) in [7, 11) is 0. The third-order valence-electron chi connectivity index (χ3n) is 2.13. The van der Waals surface area contributed by atoms with E-state index in [-0.39, 0.29) is 6.61 Å². The van der Waals surface area contributed by atoms with Gasteiger partial charge in [0.05, 0.1) is 5.25 Å². The molecular formula is C9H13NOS2. The third-order valence-corrected chi connectivity index (χ3v) is 4.84. The lowest BCUT2D eigenvalue weighted by Gasteiger charge is -2.01. The highest BCUT2D eigenvalue weighted by molar-refractivity contribution is 7.99. The zero-order valence-electron chi connectivity index (χ0n) is 7.40. The van der Waals surface area contributed by atoms with Crippen LogP contribution in [0.1, 0.15) is 28.0 Å². The number of hydrogen-bond donors (Lipinski definition) is 1. The maximum atomic E-state index is 8.77. The van der Waals surface area contributed by atoms with Gasteiger partial charge >= 0.3 is 0 Å². The summed E-state index contributed by atoms with van der Waals surface area (Å²) in [5, 5.41) is 10.7. The first kappa shape index (κ1) is 9.49. The molecule has 0 radical (unpaired) electrons. The minimum absolute atomic E-state index is 0.236. The largest absolute Gasteiger partial charge is 0.396 e. The monoisotopic (exact) mass is 215 g/mol. The van der Waals surface area contributed by atoms with Crippen LogP contribution in [0.2, 0.25) is 0 Å². The molecule has 1 aliphatic heterocycles. The van der Waals surface area contributed by atoms with Gasteiger partial charge in [0.15, 0.2) is 0 Å². The molecule has 1 atom stereocenters. The Morgan fingerprint density at radius 1 is 1.62 bits per heavy atom. The van der Waals surface area contributed by atoms with Gasteiger partial charge in [0, 0.05) is 24.1 Å². The van der Waals surface area contributed by atoms with Crippen LogP contribution >= 0.6 is 23.1 Å². The van der Waals surface area contributed by atoms with Crippen LogP contribution in [0.25, 0.3) is 0 Å². The van der Waals surface area contributed by atoms with E-state index in [9.17, 15) is 0 Å². The summed E-state index contributed by atoms with van der Waals surface area (Å²) in [4.78, 5) is 5.62. The molecule has 0 bridgehead atoms. The Hall–Kier alpha value is -0.0600. The summed E-state index contributed by atoms with van der Waals surface area (Å²) in [6.45, 7) is 0.236. The zero-order chi connectivity index (χ0) is 9.10. The van der Waals surface area contributed by atoms with E-state index >= 15 is 0 Å². The minimum Gasteiger partial charge on any atom is -0.396 e. The molecule has 0 amide bonds. The molecule has 72 valence electrons. The summed E-state index contributed by atoms with van der Waals surface area (Å²) in [5.74, 6) is 1.28. The SMILES string of the molecule is OCCc1cnc(C2CCCS2)s1. The quantitative estimate of drug-likeness (QED) is 0.839. The lowest BCUT2D eigenvalue weighted by Crippen LogP contribution is -1.85. The number of aliphatic hydroxyl groups excluding tert-OH is 1. The highest BCUT2D eigenvalue weighted by Gasteiger charge is 2.20. The molecule has 0 spiro atoms. The molecule has 0 aromatic carbocycles. The van der Waals surface area contributed by atoms with E-state index in [1.54, 1.807) is 11.3 Å². The number of thioether (sulfide) groups is 1. The van der Waals surface area contributed by atoms with Gasteiger partial charge in [-0.05, 0) is 18.6 Å². The van der Waals surface area contributed by atoms with Crippen LogP contribution in [0.4, 0.5) is 0 Å². The summed E-state index contributed by atoms with van der Waals surface area (Å²) in [6.07, 6.45) is 5.27. The fourth-order valence-corrected chi connectivity index (χ4v) is 3.89. The Kier molecular flexibility index (Phi) is 3.24. The first-order chi connectivity index (χ1) is 6.40. The highest BCUT2D eigenvalue weighted by Crippen LogP contribution is 2.41. The van der Waals surface area contributed by atoms with Gasteiger partial charge in [-0.25, -0.2) is 4.98 Å². The molecule has 1 unspecified atom stereocenters. The fraction of sp³-hybridized carbons (Fsp3) is 0.667. The number of hydrogen-bond acceptors (Lipinski definition) is 4. The van der Waals surface area contributed by atoms with Crippen LogP contribution in [0, 0.1) is 0 Å². The van der Waals surface area contributed by atoms with Gasteiger partial charge in [0.25, 0.3) is 0 Å². The van der Waals surface area contributed by atoms with Crippen LogP contribution in [-0.4, -0.2) is 22.5 Å².